The van der Waals surface area contributed by atoms with E-state index in [4.69, 9.17) is 4.74 Å². The molecule has 8 nitrogen and oxygen atoms in total. The monoisotopic (exact) mass is 410 g/mol. The van der Waals surface area contributed by atoms with Crippen molar-refractivity contribution in [3.05, 3.63) is 42.5 Å². The Balaban J connectivity index is 1.29. The maximum Gasteiger partial charge on any atom is 0.225 e. The number of piperidine rings is 1. The normalized spacial score (nSPS) is 24.5. The fourth-order valence-electron chi connectivity index (χ4n) is 4.26. The lowest BCUT2D eigenvalue weighted by Gasteiger charge is -2.36. The van der Waals surface area contributed by atoms with E-state index in [9.17, 15) is 4.79 Å². The zero-order valence-corrected chi connectivity index (χ0v) is 17.7. The smallest absolute Gasteiger partial charge is 0.225 e. The molecule has 2 aromatic heterocycles. The number of anilines is 2. The Hall–Kier alpha value is -2.74. The van der Waals surface area contributed by atoms with Crippen LogP contribution in [-0.2, 0) is 16.1 Å². The number of hydrogen-bond acceptors (Lipinski definition) is 7. The van der Waals surface area contributed by atoms with E-state index in [0.29, 0.717) is 13.1 Å². The number of hydrogen-bond donors (Lipinski definition) is 1. The molecule has 2 saturated heterocycles. The summed E-state index contributed by atoms with van der Waals surface area (Å²) >= 11 is 0. The molecule has 4 rings (SSSR count). The largest absolute Gasteiger partial charge is 0.372 e. The molecule has 1 amide bonds. The molecule has 2 aliphatic heterocycles. The van der Waals surface area contributed by atoms with Gasteiger partial charge in [0, 0.05) is 51.3 Å². The van der Waals surface area contributed by atoms with E-state index in [1.165, 1.54) is 0 Å². The summed E-state index contributed by atoms with van der Waals surface area (Å²) in [6.07, 6.45) is 9.23. The van der Waals surface area contributed by atoms with Gasteiger partial charge in [0.2, 0.25) is 5.91 Å². The molecule has 30 heavy (non-hydrogen) atoms. The number of nitrogens with one attached hydrogen (secondary N) is 1. The molecule has 3 atom stereocenters. The van der Waals surface area contributed by atoms with Crippen LogP contribution in [0.25, 0.3) is 0 Å². The molecule has 0 saturated carbocycles. The zero-order chi connectivity index (χ0) is 20.9. The van der Waals surface area contributed by atoms with Gasteiger partial charge in [-0.25, -0.2) is 9.97 Å². The Bertz CT molecular complexity index is 821. The van der Waals surface area contributed by atoms with Crippen molar-refractivity contribution in [2.24, 2.45) is 5.92 Å². The van der Waals surface area contributed by atoms with Crippen LogP contribution in [0.2, 0.25) is 0 Å². The molecule has 0 aromatic carbocycles. The first-order valence-electron chi connectivity index (χ1n) is 10.7. The van der Waals surface area contributed by atoms with Crippen LogP contribution in [0.3, 0.4) is 0 Å². The Kier molecular flexibility index (Phi) is 6.42. The number of rotatable bonds is 5. The minimum absolute atomic E-state index is 0.0377. The second-order valence-electron chi connectivity index (χ2n) is 8.25. The molecule has 2 aliphatic rings. The van der Waals surface area contributed by atoms with Crippen molar-refractivity contribution in [3.8, 4) is 0 Å². The lowest BCUT2D eigenvalue weighted by molar-refractivity contribution is -0.125. The van der Waals surface area contributed by atoms with Gasteiger partial charge in [0.1, 0.15) is 11.6 Å². The highest BCUT2D eigenvalue weighted by Crippen LogP contribution is 2.21. The van der Waals surface area contributed by atoms with Crippen LogP contribution < -0.4 is 15.1 Å². The Morgan fingerprint density at radius 3 is 2.60 bits per heavy atom. The number of morpholine rings is 1. The van der Waals surface area contributed by atoms with Crippen molar-refractivity contribution in [2.45, 2.75) is 45.4 Å². The third kappa shape index (κ3) is 5.05. The highest BCUT2D eigenvalue weighted by Gasteiger charge is 2.26. The van der Waals surface area contributed by atoms with E-state index in [-0.39, 0.29) is 24.0 Å². The van der Waals surface area contributed by atoms with Crippen molar-refractivity contribution >= 4 is 17.5 Å². The summed E-state index contributed by atoms with van der Waals surface area (Å²) < 4.78 is 5.79. The summed E-state index contributed by atoms with van der Waals surface area (Å²) in [4.78, 5) is 30.2. The first-order chi connectivity index (χ1) is 14.6. The highest BCUT2D eigenvalue weighted by molar-refractivity contribution is 5.79. The molecular formula is C22H30N6O2. The van der Waals surface area contributed by atoms with Crippen molar-refractivity contribution < 1.29 is 9.53 Å². The standard InChI is InChI=1S/C22H30N6O2/c1-16-13-28(14-17(2)30-16)20-6-5-18(10-25-20)11-26-22(29)19-4-3-9-27(15-19)21-12-23-7-8-24-21/h5-8,10,12,16-17,19H,3-4,9,11,13-15H2,1-2H3,(H,26,29). The van der Waals surface area contributed by atoms with Gasteiger partial charge in [-0.1, -0.05) is 6.07 Å². The molecular weight excluding hydrogens is 380 g/mol. The summed E-state index contributed by atoms with van der Waals surface area (Å²) in [6.45, 7) is 7.94. The lowest BCUT2D eigenvalue weighted by atomic mass is 9.97. The topological polar surface area (TPSA) is 83.5 Å². The molecule has 2 aromatic rings. The molecule has 0 spiro atoms. The molecule has 0 bridgehead atoms. The van der Waals surface area contributed by atoms with E-state index in [2.05, 4.69) is 43.9 Å². The Morgan fingerprint density at radius 2 is 1.90 bits per heavy atom. The molecule has 0 aliphatic carbocycles. The second kappa shape index (κ2) is 9.38. The van der Waals surface area contributed by atoms with Crippen LogP contribution in [0, 0.1) is 5.92 Å². The summed E-state index contributed by atoms with van der Waals surface area (Å²) in [5.41, 5.74) is 1.00. The van der Waals surface area contributed by atoms with Gasteiger partial charge in [-0.3, -0.25) is 9.78 Å². The van der Waals surface area contributed by atoms with Gasteiger partial charge < -0.3 is 19.9 Å². The van der Waals surface area contributed by atoms with Crippen molar-refractivity contribution in [1.82, 2.24) is 20.3 Å². The van der Waals surface area contributed by atoms with Gasteiger partial charge >= 0.3 is 0 Å². The maximum absolute atomic E-state index is 12.7. The van der Waals surface area contributed by atoms with Gasteiger partial charge in [-0.2, -0.15) is 0 Å². The third-order valence-corrected chi connectivity index (χ3v) is 5.69. The van der Waals surface area contributed by atoms with E-state index in [1.807, 2.05) is 18.3 Å². The number of ether oxygens (including phenoxy) is 1. The van der Waals surface area contributed by atoms with E-state index >= 15 is 0 Å². The van der Waals surface area contributed by atoms with Crippen molar-refractivity contribution in [3.63, 3.8) is 0 Å². The summed E-state index contributed by atoms with van der Waals surface area (Å²) in [6, 6.07) is 4.07. The van der Waals surface area contributed by atoms with Crippen LogP contribution in [0.15, 0.2) is 36.9 Å². The predicted molar refractivity (Wildman–Crippen MR) is 115 cm³/mol. The molecule has 4 heterocycles. The molecule has 1 N–H and O–H groups in total. The molecule has 160 valence electrons. The minimum atomic E-state index is -0.0377. The van der Waals surface area contributed by atoms with Gasteiger partial charge in [-0.15, -0.1) is 0 Å². The van der Waals surface area contributed by atoms with Crippen LogP contribution in [0.1, 0.15) is 32.3 Å². The van der Waals surface area contributed by atoms with Gasteiger partial charge in [0.25, 0.3) is 0 Å². The molecule has 8 heteroatoms. The van der Waals surface area contributed by atoms with Crippen molar-refractivity contribution in [1.29, 1.82) is 0 Å². The highest BCUT2D eigenvalue weighted by atomic mass is 16.5. The quantitative estimate of drug-likeness (QED) is 0.807. The average Bonchev–Trinajstić information content (AvgIpc) is 2.78. The summed E-state index contributed by atoms with van der Waals surface area (Å²) in [5.74, 6) is 1.84. The first kappa shape index (κ1) is 20.5. The molecule has 3 unspecified atom stereocenters. The fourth-order valence-corrected chi connectivity index (χ4v) is 4.26. The first-order valence-corrected chi connectivity index (χ1v) is 10.7. The SMILES string of the molecule is CC1CN(c2ccc(CNC(=O)C3CCCN(c4cnccn4)C3)cn2)CC(C)O1. The summed E-state index contributed by atoms with van der Waals surface area (Å²) in [5, 5.41) is 3.08. The van der Waals surface area contributed by atoms with Crippen LogP contribution >= 0.6 is 0 Å². The number of pyridine rings is 1. The zero-order valence-electron chi connectivity index (χ0n) is 17.7. The number of aromatic nitrogens is 3. The number of amides is 1. The van der Waals surface area contributed by atoms with Crippen molar-refractivity contribution in [2.75, 3.05) is 36.0 Å². The van der Waals surface area contributed by atoms with E-state index in [0.717, 1.165) is 49.7 Å². The minimum Gasteiger partial charge on any atom is -0.372 e. The second-order valence-corrected chi connectivity index (χ2v) is 8.25. The summed E-state index contributed by atoms with van der Waals surface area (Å²) in [7, 11) is 0. The van der Waals surface area contributed by atoms with Crippen LogP contribution in [0.4, 0.5) is 11.6 Å². The fraction of sp³-hybridized carbons (Fsp3) is 0.545. The number of carbonyl (C=O) groups excluding carboxylic acids is 1. The van der Waals surface area contributed by atoms with Gasteiger partial charge in [-0.05, 0) is 38.3 Å². The Labute approximate surface area is 177 Å². The Morgan fingerprint density at radius 1 is 1.07 bits per heavy atom. The maximum atomic E-state index is 12.7. The average molecular weight is 411 g/mol. The van der Waals surface area contributed by atoms with Crippen LogP contribution in [-0.4, -0.2) is 59.2 Å². The van der Waals surface area contributed by atoms with Gasteiger partial charge in [0.15, 0.2) is 0 Å². The van der Waals surface area contributed by atoms with Gasteiger partial charge in [0.05, 0.1) is 24.3 Å². The number of nitrogens with zero attached hydrogens (tertiary/aromatic N) is 5. The predicted octanol–water partition coefficient (Wildman–Crippen LogP) is 2.02. The lowest BCUT2D eigenvalue weighted by Crippen LogP contribution is -2.45. The number of carbonyl (C=O) groups is 1. The van der Waals surface area contributed by atoms with E-state index < -0.39 is 0 Å². The molecule has 2 fully saturated rings. The van der Waals surface area contributed by atoms with Crippen LogP contribution in [0.5, 0.6) is 0 Å². The van der Waals surface area contributed by atoms with E-state index in [1.54, 1.807) is 18.6 Å². The third-order valence-electron chi connectivity index (χ3n) is 5.69. The molecule has 0 radical (unpaired) electrons.